The zero-order chi connectivity index (χ0) is 16.0. The molecule has 0 atom stereocenters. The van der Waals surface area contributed by atoms with Crippen LogP contribution in [0.4, 0.5) is 8.78 Å². The fourth-order valence-corrected chi connectivity index (χ4v) is 2.90. The standard InChI is InChI=1S/C18H12F2N2O/c19-14-6-5-11(10-15(14)20)9-12-7-8-22-17(12)21-16-4-2-1-3-13(16)18(22)23/h1-6,9-10H,7-8H2/b12-9+. The van der Waals surface area contributed by atoms with E-state index in [0.717, 1.165) is 17.7 Å². The van der Waals surface area contributed by atoms with E-state index in [9.17, 15) is 13.6 Å². The van der Waals surface area contributed by atoms with Gasteiger partial charge in [-0.3, -0.25) is 9.36 Å². The van der Waals surface area contributed by atoms with Crippen LogP contribution < -0.4 is 5.56 Å². The molecule has 0 saturated carbocycles. The summed E-state index contributed by atoms with van der Waals surface area (Å²) in [6.45, 7) is 0.543. The Balaban J connectivity index is 1.88. The predicted molar refractivity (Wildman–Crippen MR) is 84.8 cm³/mol. The van der Waals surface area contributed by atoms with Crippen molar-refractivity contribution in [3.05, 3.63) is 75.8 Å². The summed E-state index contributed by atoms with van der Waals surface area (Å²) in [4.78, 5) is 17.1. The van der Waals surface area contributed by atoms with Gasteiger partial charge in [0.25, 0.3) is 5.56 Å². The Bertz CT molecular complexity index is 1020. The van der Waals surface area contributed by atoms with Crippen molar-refractivity contribution in [3.8, 4) is 0 Å². The zero-order valence-electron chi connectivity index (χ0n) is 12.1. The van der Waals surface area contributed by atoms with E-state index in [1.54, 1.807) is 22.8 Å². The first kappa shape index (κ1) is 13.8. The van der Waals surface area contributed by atoms with Gasteiger partial charge in [0.05, 0.1) is 10.9 Å². The van der Waals surface area contributed by atoms with Gasteiger partial charge in [-0.25, -0.2) is 13.8 Å². The number of para-hydroxylation sites is 1. The summed E-state index contributed by atoms with van der Waals surface area (Å²) in [5.41, 5.74) is 1.97. The number of fused-ring (bicyclic) bond motifs is 2. The molecule has 0 unspecified atom stereocenters. The molecule has 0 bridgehead atoms. The first-order valence-electron chi connectivity index (χ1n) is 7.29. The number of aromatic nitrogens is 2. The lowest BCUT2D eigenvalue weighted by Gasteiger charge is -2.05. The number of hydrogen-bond donors (Lipinski definition) is 0. The zero-order valence-corrected chi connectivity index (χ0v) is 12.1. The van der Waals surface area contributed by atoms with Crippen molar-refractivity contribution < 1.29 is 8.78 Å². The van der Waals surface area contributed by atoms with Crippen LogP contribution in [0.1, 0.15) is 17.8 Å². The normalized spacial score (nSPS) is 15.3. The highest BCUT2D eigenvalue weighted by molar-refractivity contribution is 5.84. The van der Waals surface area contributed by atoms with Gasteiger partial charge in [0.15, 0.2) is 11.6 Å². The van der Waals surface area contributed by atoms with E-state index >= 15 is 0 Å². The summed E-state index contributed by atoms with van der Waals surface area (Å²) >= 11 is 0. The minimum atomic E-state index is -0.888. The van der Waals surface area contributed by atoms with Crippen molar-refractivity contribution in [2.24, 2.45) is 0 Å². The van der Waals surface area contributed by atoms with Crippen LogP contribution in [0.25, 0.3) is 22.6 Å². The maximum absolute atomic E-state index is 13.3. The van der Waals surface area contributed by atoms with Crippen LogP contribution in [-0.4, -0.2) is 9.55 Å². The van der Waals surface area contributed by atoms with E-state index in [1.807, 2.05) is 12.1 Å². The summed E-state index contributed by atoms with van der Waals surface area (Å²) in [7, 11) is 0. The SMILES string of the molecule is O=c1c2ccccc2nc2n1CC/C2=C\c1ccc(F)c(F)c1. The molecule has 1 aromatic heterocycles. The van der Waals surface area contributed by atoms with Gasteiger partial charge in [-0.05, 0) is 47.9 Å². The lowest BCUT2D eigenvalue weighted by atomic mass is 10.1. The van der Waals surface area contributed by atoms with Gasteiger partial charge in [0.1, 0.15) is 5.82 Å². The second-order valence-corrected chi connectivity index (χ2v) is 5.50. The summed E-state index contributed by atoms with van der Waals surface area (Å²) in [6, 6.07) is 10.9. The second kappa shape index (κ2) is 5.12. The number of halogens is 2. The fourth-order valence-electron chi connectivity index (χ4n) is 2.90. The maximum Gasteiger partial charge on any atom is 0.261 e. The first-order valence-corrected chi connectivity index (χ1v) is 7.29. The molecule has 0 fully saturated rings. The van der Waals surface area contributed by atoms with Gasteiger partial charge in [-0.15, -0.1) is 0 Å². The average molecular weight is 310 g/mol. The Labute approximate surface area is 130 Å². The molecule has 0 spiro atoms. The third kappa shape index (κ3) is 2.25. The number of nitrogens with zero attached hydrogens (tertiary/aromatic N) is 2. The number of benzene rings is 2. The number of rotatable bonds is 1. The molecule has 3 aromatic rings. The third-order valence-electron chi connectivity index (χ3n) is 4.04. The lowest BCUT2D eigenvalue weighted by molar-refractivity contribution is 0.508. The Hall–Kier alpha value is -2.82. The molecule has 2 aromatic carbocycles. The molecule has 0 amide bonds. The van der Waals surface area contributed by atoms with Crippen LogP contribution in [0.5, 0.6) is 0 Å². The molecule has 3 nitrogen and oxygen atoms in total. The molecular formula is C18H12F2N2O. The number of hydrogen-bond acceptors (Lipinski definition) is 2. The minimum absolute atomic E-state index is 0.0701. The van der Waals surface area contributed by atoms with Crippen molar-refractivity contribution >= 4 is 22.6 Å². The monoisotopic (exact) mass is 310 g/mol. The predicted octanol–water partition coefficient (Wildman–Crippen LogP) is 3.62. The molecule has 5 heteroatoms. The first-order chi connectivity index (χ1) is 11.1. The molecule has 1 aliphatic heterocycles. The fraction of sp³-hybridized carbons (Fsp3) is 0.111. The molecule has 4 rings (SSSR count). The molecular weight excluding hydrogens is 298 g/mol. The third-order valence-corrected chi connectivity index (χ3v) is 4.04. The Morgan fingerprint density at radius 2 is 1.91 bits per heavy atom. The highest BCUT2D eigenvalue weighted by Gasteiger charge is 2.20. The summed E-state index contributed by atoms with van der Waals surface area (Å²) in [5, 5.41) is 0.588. The van der Waals surface area contributed by atoms with E-state index in [2.05, 4.69) is 4.98 Å². The second-order valence-electron chi connectivity index (χ2n) is 5.50. The van der Waals surface area contributed by atoms with Gasteiger partial charge in [0, 0.05) is 6.54 Å². The van der Waals surface area contributed by atoms with Gasteiger partial charge < -0.3 is 0 Å². The quantitative estimate of drug-likeness (QED) is 0.688. The van der Waals surface area contributed by atoms with Crippen LogP contribution in [0.3, 0.4) is 0 Å². The van der Waals surface area contributed by atoms with Crippen molar-refractivity contribution in [3.63, 3.8) is 0 Å². The number of allylic oxidation sites excluding steroid dienone is 1. The van der Waals surface area contributed by atoms with Crippen molar-refractivity contribution in [2.45, 2.75) is 13.0 Å². The van der Waals surface area contributed by atoms with E-state index in [0.29, 0.717) is 35.3 Å². The molecule has 0 aliphatic carbocycles. The topological polar surface area (TPSA) is 34.9 Å². The minimum Gasteiger partial charge on any atom is -0.292 e. The molecule has 1 aliphatic rings. The average Bonchev–Trinajstić information content (AvgIpc) is 2.94. The van der Waals surface area contributed by atoms with Crippen LogP contribution >= 0.6 is 0 Å². The van der Waals surface area contributed by atoms with Crippen LogP contribution in [-0.2, 0) is 6.54 Å². The van der Waals surface area contributed by atoms with Crippen LogP contribution in [0.15, 0.2) is 47.3 Å². The molecule has 0 N–H and O–H groups in total. The molecule has 0 saturated heterocycles. The summed E-state index contributed by atoms with van der Waals surface area (Å²) < 4.78 is 28.0. The Kier molecular flexibility index (Phi) is 3.08. The van der Waals surface area contributed by atoms with Crippen molar-refractivity contribution in [1.29, 1.82) is 0 Å². The smallest absolute Gasteiger partial charge is 0.261 e. The van der Waals surface area contributed by atoms with E-state index in [4.69, 9.17) is 0 Å². The molecule has 114 valence electrons. The highest BCUT2D eigenvalue weighted by Crippen LogP contribution is 2.27. The highest BCUT2D eigenvalue weighted by atomic mass is 19.2. The van der Waals surface area contributed by atoms with Crippen LogP contribution in [0.2, 0.25) is 0 Å². The van der Waals surface area contributed by atoms with Gasteiger partial charge in [0.2, 0.25) is 0 Å². The van der Waals surface area contributed by atoms with Gasteiger partial charge >= 0.3 is 0 Å². The van der Waals surface area contributed by atoms with Crippen molar-refractivity contribution in [1.82, 2.24) is 9.55 Å². The summed E-state index contributed by atoms with van der Waals surface area (Å²) in [6.07, 6.45) is 2.39. The van der Waals surface area contributed by atoms with E-state index in [-0.39, 0.29) is 5.56 Å². The molecule has 0 radical (unpaired) electrons. The maximum atomic E-state index is 13.3. The van der Waals surface area contributed by atoms with Gasteiger partial charge in [-0.1, -0.05) is 18.2 Å². The van der Waals surface area contributed by atoms with Gasteiger partial charge in [-0.2, -0.15) is 0 Å². The Morgan fingerprint density at radius 1 is 1.09 bits per heavy atom. The van der Waals surface area contributed by atoms with E-state index < -0.39 is 11.6 Å². The van der Waals surface area contributed by atoms with E-state index in [1.165, 1.54) is 6.07 Å². The Morgan fingerprint density at radius 3 is 2.74 bits per heavy atom. The lowest BCUT2D eigenvalue weighted by Crippen LogP contribution is -2.20. The molecule has 2 heterocycles. The summed E-state index contributed by atoms with van der Waals surface area (Å²) in [5.74, 6) is -1.17. The van der Waals surface area contributed by atoms with Crippen molar-refractivity contribution in [2.75, 3.05) is 0 Å². The van der Waals surface area contributed by atoms with Crippen LogP contribution in [0, 0.1) is 11.6 Å². The largest absolute Gasteiger partial charge is 0.292 e. The molecule has 23 heavy (non-hydrogen) atoms.